The van der Waals surface area contributed by atoms with E-state index in [-0.39, 0.29) is 13.2 Å². The number of phenolic OH excluding ortho intramolecular Hbond substituents is 1. The van der Waals surface area contributed by atoms with Crippen LogP contribution in [0.2, 0.25) is 0 Å². The minimum Gasteiger partial charge on any atom is -0.507 e. The number of ether oxygens (including phenoxy) is 1. The van der Waals surface area contributed by atoms with E-state index in [9.17, 15) is 5.11 Å². The summed E-state index contributed by atoms with van der Waals surface area (Å²) in [5, 5.41) is 25.6. The summed E-state index contributed by atoms with van der Waals surface area (Å²) in [6, 6.07) is 50.3. The van der Waals surface area contributed by atoms with E-state index >= 15 is 0 Å². The third-order valence-corrected chi connectivity index (χ3v) is 16.0. The highest BCUT2D eigenvalue weighted by Gasteiger charge is 2.24. The Kier molecular flexibility index (Phi) is 17.2. The number of benzene rings is 10. The van der Waals surface area contributed by atoms with Gasteiger partial charge in [0.25, 0.3) is 0 Å². The fourth-order valence-electron chi connectivity index (χ4n) is 9.89. The van der Waals surface area contributed by atoms with Gasteiger partial charge in [-0.25, -0.2) is 9.97 Å². The number of aryl methyl sites for hydroxylation is 1. The Morgan fingerprint density at radius 2 is 1.03 bits per heavy atom. The van der Waals surface area contributed by atoms with Gasteiger partial charge in [-0.15, -0.1) is 0 Å². The molecule has 0 bridgehead atoms. The van der Waals surface area contributed by atoms with Crippen LogP contribution in [0.1, 0.15) is 66.7 Å². The predicted molar refractivity (Wildman–Crippen MR) is 335 cm³/mol. The Bertz CT molecular complexity index is 3930. The molecule has 2 N–H and O–H groups in total. The number of halogens is 5. The predicted octanol–water partition coefficient (Wildman–Crippen LogP) is 21.4. The number of nitrogens with one attached hydrogen (secondary N) is 1. The molecule has 0 radical (unpaired) electrons. The molecule has 0 saturated heterocycles. The van der Waals surface area contributed by atoms with Gasteiger partial charge in [-0.2, -0.15) is 0 Å². The first kappa shape index (κ1) is 53.5. The maximum Gasteiger partial charge on any atom is 0.145 e. The van der Waals surface area contributed by atoms with Gasteiger partial charge in [0.2, 0.25) is 0 Å². The summed E-state index contributed by atoms with van der Waals surface area (Å²) in [5.74, 6) is 2.75. The van der Waals surface area contributed by atoms with Gasteiger partial charge in [-0.3, -0.25) is 0 Å². The highest BCUT2D eigenvalue weighted by Crippen LogP contribution is 2.45. The lowest BCUT2D eigenvalue weighted by Gasteiger charge is -2.16. The molecule has 10 aromatic carbocycles. The number of aromatic nitrogens is 4. The first-order valence-electron chi connectivity index (χ1n) is 24.9. The van der Waals surface area contributed by atoms with Crippen LogP contribution in [0.15, 0.2) is 163 Å². The number of phenols is 1. The molecule has 0 fully saturated rings. The van der Waals surface area contributed by atoms with E-state index in [4.69, 9.17) is 14.7 Å². The van der Waals surface area contributed by atoms with Crippen LogP contribution in [0.3, 0.4) is 0 Å². The molecule has 0 saturated carbocycles. The Balaban J connectivity index is 0.000000168. The van der Waals surface area contributed by atoms with Crippen LogP contribution in [0, 0.1) is 0 Å². The lowest BCUT2D eigenvalue weighted by molar-refractivity contribution is 0.310. The van der Waals surface area contributed by atoms with Crippen LogP contribution in [0.25, 0.3) is 109 Å². The second-order valence-electron chi connectivity index (χ2n) is 18.3. The minimum atomic E-state index is 0. The van der Waals surface area contributed by atoms with E-state index in [1.54, 1.807) is 6.07 Å². The molecule has 0 spiro atoms. The van der Waals surface area contributed by atoms with Gasteiger partial charge < -0.3 is 19.4 Å². The van der Waals surface area contributed by atoms with Crippen molar-refractivity contribution in [3.8, 4) is 34.3 Å². The van der Waals surface area contributed by atoms with Gasteiger partial charge in [0.1, 0.15) is 23.1 Å². The molecular formula is C63H57Br5N4O2. The molecule has 0 aliphatic rings. The molecule has 12 aromatic rings. The molecule has 2 aromatic heterocycles. The first-order valence-corrected chi connectivity index (χ1v) is 29.2. The van der Waals surface area contributed by atoms with E-state index in [2.05, 4.69) is 219 Å². The summed E-state index contributed by atoms with van der Waals surface area (Å²) >= 11 is 18.0. The van der Waals surface area contributed by atoms with Gasteiger partial charge in [-0.1, -0.05) is 212 Å². The summed E-state index contributed by atoms with van der Waals surface area (Å²) in [6.07, 6.45) is 6.90. The van der Waals surface area contributed by atoms with Gasteiger partial charge in [-0.05, 0) is 123 Å². The number of aromatic hydroxyl groups is 1. The molecule has 11 heteroatoms. The van der Waals surface area contributed by atoms with Crippen molar-refractivity contribution in [3.05, 3.63) is 163 Å². The van der Waals surface area contributed by atoms with Gasteiger partial charge >= 0.3 is 0 Å². The highest BCUT2D eigenvalue weighted by atomic mass is 79.9. The smallest absolute Gasteiger partial charge is 0.145 e. The van der Waals surface area contributed by atoms with Crippen molar-refractivity contribution < 1.29 is 9.84 Å². The van der Waals surface area contributed by atoms with Crippen LogP contribution in [-0.4, -0.2) is 36.6 Å². The number of hydrogen-bond donors (Lipinski definition) is 2. The SMILES string of the molecule is C.CCCCBr.CCCCOc1ccc2ccccc2c1-c1nc2c3cc(Br)ccc3c3ccc(Br)cc3c2n1CCCC.Oc1ccc2ccccc2c1-c1nc2c3cc(Br)ccc3c3ccc(Br)cc3c2[nH]1. The maximum atomic E-state index is 10.7. The normalized spacial score (nSPS) is 11.4. The van der Waals surface area contributed by atoms with E-state index in [0.717, 1.165) is 132 Å². The number of hydrogen-bond acceptors (Lipinski definition) is 4. The number of unbranched alkanes of at least 4 members (excludes halogenated alkanes) is 3. The monoisotopic (exact) mass is 1300 g/mol. The third kappa shape index (κ3) is 10.5. The Morgan fingerprint density at radius 3 is 1.61 bits per heavy atom. The van der Waals surface area contributed by atoms with E-state index in [0.29, 0.717) is 12.4 Å². The quantitative estimate of drug-likeness (QED) is 0.0769. The van der Waals surface area contributed by atoms with Gasteiger partial charge in [0, 0.05) is 51.3 Å². The zero-order chi connectivity index (χ0) is 50.8. The topological polar surface area (TPSA) is 76.0 Å². The number of aromatic amines is 1. The molecule has 0 aliphatic heterocycles. The van der Waals surface area contributed by atoms with E-state index in [1.165, 1.54) is 45.3 Å². The van der Waals surface area contributed by atoms with E-state index < -0.39 is 0 Å². The summed E-state index contributed by atoms with van der Waals surface area (Å²) in [4.78, 5) is 14.0. The van der Waals surface area contributed by atoms with Crippen molar-refractivity contribution in [1.29, 1.82) is 0 Å². The second kappa shape index (κ2) is 23.7. The molecule has 12 rings (SSSR count). The standard InChI is InChI=1S/C33H30Br2N2O.C25H14Br2N2O.C4H9Br.CH4/c1-3-5-17-37-32-28-20-23(35)13-15-26(28)25-14-12-22(34)19-27(25)31(32)36-33(37)30-24-10-8-7-9-21(24)11-16-29(30)38-18-6-4-2;26-14-6-8-17-18-9-7-15(27)12-20(18)24-23(19(17)11-14)28-25(29-24)22-16-4-2-1-3-13(16)5-10-21(22)30;1-2-3-4-5;/h7-16,19-20H,3-6,17-18H2,1-2H3;1-12,30H,(H,28,29);2-4H2,1H3;1H4. The number of imidazole rings is 2. The van der Waals surface area contributed by atoms with Crippen LogP contribution in [0.4, 0.5) is 0 Å². The maximum absolute atomic E-state index is 10.7. The highest BCUT2D eigenvalue weighted by molar-refractivity contribution is 9.11. The lowest BCUT2D eigenvalue weighted by atomic mass is 10.00. The summed E-state index contributed by atoms with van der Waals surface area (Å²) in [7, 11) is 0. The largest absolute Gasteiger partial charge is 0.507 e. The van der Waals surface area contributed by atoms with Crippen LogP contribution in [0.5, 0.6) is 11.5 Å². The number of alkyl halides is 1. The van der Waals surface area contributed by atoms with Crippen molar-refractivity contribution in [2.45, 2.75) is 73.3 Å². The zero-order valence-electron chi connectivity index (χ0n) is 40.8. The number of H-pyrrole nitrogens is 1. The van der Waals surface area contributed by atoms with Gasteiger partial charge in [0.05, 0.1) is 39.8 Å². The molecule has 376 valence electrons. The van der Waals surface area contributed by atoms with Crippen molar-refractivity contribution in [2.24, 2.45) is 0 Å². The zero-order valence-corrected chi connectivity index (χ0v) is 48.7. The Morgan fingerprint density at radius 1 is 0.514 bits per heavy atom. The summed E-state index contributed by atoms with van der Waals surface area (Å²) in [5.41, 5.74) is 5.86. The minimum absolute atomic E-state index is 0. The third-order valence-electron chi connectivity index (χ3n) is 13.4. The second-order valence-corrected chi connectivity index (χ2v) is 22.7. The molecule has 0 aliphatic carbocycles. The summed E-state index contributed by atoms with van der Waals surface area (Å²) < 4.78 is 13.0. The molecule has 0 amide bonds. The Hall–Kier alpha value is -5.30. The molecular weight excluding hydrogens is 1240 g/mol. The molecule has 2 heterocycles. The first-order chi connectivity index (χ1) is 35.6. The van der Waals surface area contributed by atoms with Crippen LogP contribution < -0.4 is 4.74 Å². The summed E-state index contributed by atoms with van der Waals surface area (Å²) in [6.45, 7) is 8.21. The van der Waals surface area contributed by atoms with Crippen molar-refractivity contribution in [3.63, 3.8) is 0 Å². The number of rotatable bonds is 11. The van der Waals surface area contributed by atoms with Crippen molar-refractivity contribution in [1.82, 2.24) is 19.5 Å². The van der Waals surface area contributed by atoms with Crippen LogP contribution >= 0.6 is 79.6 Å². The average molecular weight is 1300 g/mol. The lowest BCUT2D eigenvalue weighted by Crippen LogP contribution is -2.04. The molecule has 74 heavy (non-hydrogen) atoms. The van der Waals surface area contributed by atoms with Crippen LogP contribution in [-0.2, 0) is 6.54 Å². The molecule has 6 nitrogen and oxygen atoms in total. The van der Waals surface area contributed by atoms with E-state index in [1.807, 2.05) is 30.3 Å². The van der Waals surface area contributed by atoms with Crippen molar-refractivity contribution >= 4 is 166 Å². The van der Waals surface area contributed by atoms with Crippen molar-refractivity contribution in [2.75, 3.05) is 11.9 Å². The number of fused-ring (bicyclic) bond motifs is 14. The molecule has 0 unspecified atom stereocenters. The fraction of sp³-hybridized carbons (Fsp3) is 0.206. The molecule has 0 atom stereocenters. The Labute approximate surface area is 474 Å². The number of nitrogens with zero attached hydrogens (tertiary/aromatic N) is 3. The fourth-order valence-corrected chi connectivity index (χ4v) is 11.9. The van der Waals surface area contributed by atoms with Gasteiger partial charge in [0.15, 0.2) is 0 Å². The average Bonchev–Trinajstić information content (AvgIpc) is 4.02.